The molecule has 0 unspecified atom stereocenters. The van der Waals surface area contributed by atoms with Crippen LogP contribution in [0.3, 0.4) is 0 Å². The van der Waals surface area contributed by atoms with Crippen molar-refractivity contribution < 1.29 is 19.1 Å². The van der Waals surface area contributed by atoms with Crippen molar-refractivity contribution in [3.05, 3.63) is 29.3 Å². The van der Waals surface area contributed by atoms with Gasteiger partial charge < -0.3 is 14.4 Å². The Morgan fingerprint density at radius 2 is 2.22 bits per heavy atom. The van der Waals surface area contributed by atoms with E-state index in [9.17, 15) is 9.59 Å². The first kappa shape index (κ1) is 12.6. The van der Waals surface area contributed by atoms with Crippen LogP contribution < -0.4 is 4.74 Å². The summed E-state index contributed by atoms with van der Waals surface area (Å²) in [6, 6.07) is 5.02. The van der Waals surface area contributed by atoms with Crippen LogP contribution in [0.2, 0.25) is 0 Å². The van der Waals surface area contributed by atoms with Crippen LogP contribution in [0.25, 0.3) is 0 Å². The third-order valence-corrected chi connectivity index (χ3v) is 2.86. The Hall–Kier alpha value is -1.88. The first-order valence-corrected chi connectivity index (χ1v) is 5.78. The van der Waals surface area contributed by atoms with Crippen LogP contribution in [0.5, 0.6) is 5.75 Å². The Kier molecular flexibility index (Phi) is 3.62. The maximum Gasteiger partial charge on any atom is 0.414 e. The molecule has 1 aliphatic rings. The molecule has 1 amide bonds. The van der Waals surface area contributed by atoms with E-state index in [0.29, 0.717) is 24.5 Å². The molecule has 96 valence electrons. The van der Waals surface area contributed by atoms with Crippen molar-refractivity contribution in [1.82, 2.24) is 4.90 Å². The number of rotatable bonds is 2. The molecule has 0 saturated heterocycles. The van der Waals surface area contributed by atoms with E-state index in [1.54, 1.807) is 25.2 Å². The van der Waals surface area contributed by atoms with Gasteiger partial charge in [-0.3, -0.25) is 4.79 Å². The van der Waals surface area contributed by atoms with E-state index >= 15 is 0 Å². The fourth-order valence-electron chi connectivity index (χ4n) is 1.64. The predicted octanol–water partition coefficient (Wildman–Crippen LogP) is 1.85. The zero-order valence-corrected chi connectivity index (χ0v) is 10.4. The lowest BCUT2D eigenvalue weighted by Crippen LogP contribution is -2.29. The van der Waals surface area contributed by atoms with Gasteiger partial charge in [0.25, 0.3) is 0 Å². The molecule has 18 heavy (non-hydrogen) atoms. The van der Waals surface area contributed by atoms with Crippen molar-refractivity contribution in [2.45, 2.75) is 13.5 Å². The highest BCUT2D eigenvalue weighted by Gasteiger charge is 2.19. The molecule has 0 fully saturated rings. The van der Waals surface area contributed by atoms with Gasteiger partial charge in [-0.2, -0.15) is 0 Å². The average Bonchev–Trinajstić information content (AvgIpc) is 2.38. The summed E-state index contributed by atoms with van der Waals surface area (Å²) < 4.78 is 10.3. The largest absolute Gasteiger partial charge is 0.414 e. The molecule has 5 heteroatoms. The van der Waals surface area contributed by atoms with E-state index < -0.39 is 6.09 Å². The van der Waals surface area contributed by atoms with Gasteiger partial charge in [0.15, 0.2) is 5.78 Å². The fraction of sp³-hybridized carbons (Fsp3) is 0.385. The van der Waals surface area contributed by atoms with E-state index in [-0.39, 0.29) is 12.4 Å². The van der Waals surface area contributed by atoms with Crippen LogP contribution in [0.1, 0.15) is 22.8 Å². The Morgan fingerprint density at radius 3 is 2.94 bits per heavy atom. The summed E-state index contributed by atoms with van der Waals surface area (Å²) >= 11 is 0. The lowest BCUT2D eigenvalue weighted by molar-refractivity contribution is 0.0664. The normalized spacial score (nSPS) is 14.0. The molecule has 0 N–H and O–H groups in total. The molecule has 0 bridgehead atoms. The quantitative estimate of drug-likeness (QED) is 0.802. The van der Waals surface area contributed by atoms with Gasteiger partial charge in [-0.1, -0.05) is 6.07 Å². The van der Waals surface area contributed by atoms with Crippen molar-refractivity contribution in [3.8, 4) is 5.75 Å². The second kappa shape index (κ2) is 5.18. The number of carbonyl (C=O) groups is 2. The molecule has 0 atom stereocenters. The summed E-state index contributed by atoms with van der Waals surface area (Å²) in [5.74, 6) is 0.298. The monoisotopic (exact) mass is 249 g/mol. The molecule has 5 nitrogen and oxygen atoms in total. The standard InChI is InChI=1S/C13H15NO4/c1-3-14(2)13(16)18-10-5-4-9-7-17-8-12(15)11(9)6-10/h4-6H,3,7-8H2,1-2H3. The number of nitrogens with zero attached hydrogens (tertiary/aromatic N) is 1. The van der Waals surface area contributed by atoms with E-state index in [0.717, 1.165) is 5.56 Å². The summed E-state index contributed by atoms with van der Waals surface area (Å²) in [6.45, 7) is 2.93. The van der Waals surface area contributed by atoms with Crippen LogP contribution in [0.15, 0.2) is 18.2 Å². The van der Waals surface area contributed by atoms with Gasteiger partial charge >= 0.3 is 6.09 Å². The van der Waals surface area contributed by atoms with E-state index in [1.807, 2.05) is 6.92 Å². The molecular weight excluding hydrogens is 234 g/mol. The number of ether oxygens (including phenoxy) is 2. The first-order chi connectivity index (χ1) is 8.61. The second-order valence-corrected chi connectivity index (χ2v) is 4.12. The van der Waals surface area contributed by atoms with Crippen molar-refractivity contribution in [3.63, 3.8) is 0 Å². The van der Waals surface area contributed by atoms with Crippen molar-refractivity contribution >= 4 is 11.9 Å². The average molecular weight is 249 g/mol. The zero-order valence-electron chi connectivity index (χ0n) is 10.4. The number of amides is 1. The van der Waals surface area contributed by atoms with Gasteiger partial charge in [-0.15, -0.1) is 0 Å². The molecule has 0 aliphatic carbocycles. The number of carbonyl (C=O) groups excluding carboxylic acids is 2. The number of hydrogen-bond donors (Lipinski definition) is 0. The highest BCUT2D eigenvalue weighted by molar-refractivity contribution is 5.99. The van der Waals surface area contributed by atoms with Crippen molar-refractivity contribution in [1.29, 1.82) is 0 Å². The van der Waals surface area contributed by atoms with Gasteiger partial charge in [-0.05, 0) is 24.6 Å². The lowest BCUT2D eigenvalue weighted by Gasteiger charge is -2.17. The number of ketones is 1. The minimum Gasteiger partial charge on any atom is -0.410 e. The van der Waals surface area contributed by atoms with Crippen LogP contribution in [0.4, 0.5) is 4.79 Å². The predicted molar refractivity (Wildman–Crippen MR) is 64.8 cm³/mol. The Labute approximate surface area is 105 Å². The van der Waals surface area contributed by atoms with E-state index in [2.05, 4.69) is 0 Å². The van der Waals surface area contributed by atoms with Gasteiger partial charge in [0.2, 0.25) is 0 Å². The molecule has 0 radical (unpaired) electrons. The van der Waals surface area contributed by atoms with Gasteiger partial charge in [0.1, 0.15) is 12.4 Å². The number of Topliss-reactive ketones (excluding diaryl/α,β-unsaturated/α-hetero) is 1. The zero-order chi connectivity index (χ0) is 13.1. The minimum atomic E-state index is -0.433. The minimum absolute atomic E-state index is 0.0826. The van der Waals surface area contributed by atoms with Gasteiger partial charge in [0, 0.05) is 19.2 Å². The fourth-order valence-corrected chi connectivity index (χ4v) is 1.64. The highest BCUT2D eigenvalue weighted by atomic mass is 16.6. The SMILES string of the molecule is CCN(C)C(=O)Oc1ccc2c(c1)C(=O)COC2. The van der Waals surface area contributed by atoms with Crippen molar-refractivity contribution in [2.24, 2.45) is 0 Å². The number of fused-ring (bicyclic) bond motifs is 1. The van der Waals surface area contributed by atoms with Crippen molar-refractivity contribution in [2.75, 3.05) is 20.2 Å². The number of hydrogen-bond acceptors (Lipinski definition) is 4. The van der Waals surface area contributed by atoms with Crippen LogP contribution in [-0.4, -0.2) is 37.0 Å². The highest BCUT2D eigenvalue weighted by Crippen LogP contribution is 2.22. The maximum atomic E-state index is 11.6. The smallest absolute Gasteiger partial charge is 0.410 e. The second-order valence-electron chi connectivity index (χ2n) is 4.12. The molecule has 2 rings (SSSR count). The molecule has 1 aliphatic heterocycles. The molecule has 1 aromatic carbocycles. The first-order valence-electron chi connectivity index (χ1n) is 5.78. The molecule has 1 aromatic rings. The Morgan fingerprint density at radius 1 is 1.44 bits per heavy atom. The summed E-state index contributed by atoms with van der Waals surface area (Å²) in [7, 11) is 1.65. The molecular formula is C13H15NO4. The van der Waals surface area contributed by atoms with Crippen LogP contribution in [-0.2, 0) is 11.3 Å². The third-order valence-electron chi connectivity index (χ3n) is 2.86. The molecule has 0 saturated carbocycles. The van der Waals surface area contributed by atoms with Gasteiger partial charge in [0.05, 0.1) is 6.61 Å². The summed E-state index contributed by atoms with van der Waals surface area (Å²) in [4.78, 5) is 24.7. The topological polar surface area (TPSA) is 55.8 Å². The Bertz CT molecular complexity index is 484. The summed E-state index contributed by atoms with van der Waals surface area (Å²) in [5, 5.41) is 0. The summed E-state index contributed by atoms with van der Waals surface area (Å²) in [6.07, 6.45) is -0.433. The van der Waals surface area contributed by atoms with Crippen LogP contribution in [0, 0.1) is 0 Å². The third kappa shape index (κ3) is 2.51. The molecule has 0 aromatic heterocycles. The van der Waals surface area contributed by atoms with Crippen LogP contribution >= 0.6 is 0 Å². The number of benzene rings is 1. The van der Waals surface area contributed by atoms with E-state index in [1.165, 1.54) is 4.90 Å². The lowest BCUT2D eigenvalue weighted by atomic mass is 10.0. The van der Waals surface area contributed by atoms with E-state index in [4.69, 9.17) is 9.47 Å². The Balaban J connectivity index is 2.18. The molecule has 0 spiro atoms. The van der Waals surface area contributed by atoms with Gasteiger partial charge in [-0.25, -0.2) is 4.79 Å². The molecule has 1 heterocycles. The maximum absolute atomic E-state index is 11.6. The summed E-state index contributed by atoms with van der Waals surface area (Å²) in [5.41, 5.74) is 1.40.